The Morgan fingerprint density at radius 3 is 1.09 bits per heavy atom. The van der Waals surface area contributed by atoms with Gasteiger partial charge in [0.25, 0.3) is 0 Å². The van der Waals surface area contributed by atoms with Crippen molar-refractivity contribution in [3.63, 3.8) is 0 Å². The number of para-hydroxylation sites is 2. The third kappa shape index (κ3) is 6.53. The Balaban J connectivity index is 1.16. The highest BCUT2D eigenvalue weighted by Crippen LogP contribution is 2.66. The number of hydrogen-bond donors (Lipinski definition) is 0. The Hall–Kier alpha value is -9.76. The lowest BCUT2D eigenvalue weighted by Gasteiger charge is -2.46. The molecule has 0 fully saturated rings. The fraction of sp³-hybridized carbons (Fsp3) is 0.0137. The molecule has 0 saturated carbocycles. The van der Waals surface area contributed by atoms with E-state index < -0.39 is 5.41 Å². The van der Waals surface area contributed by atoms with Crippen molar-refractivity contribution in [2.24, 2.45) is 0 Å². The summed E-state index contributed by atoms with van der Waals surface area (Å²) >= 11 is 0. The minimum atomic E-state index is -0.784. The van der Waals surface area contributed by atoms with Gasteiger partial charge < -0.3 is 9.32 Å². The SMILES string of the molecule is c1ccc(-c2ccccc2-c2cc3c(cc2-c2ccccc2)N(c2cccc4c2oc2ccccc24)c2cc(-c4ccccc4)c(-c4ccccc4-c4ccccc4)cc2C32c3ccccc3-c3ccccc32)cc1. The molecule has 0 unspecified atom stereocenters. The van der Waals surface area contributed by atoms with Crippen molar-refractivity contribution < 1.29 is 4.42 Å². The third-order valence-corrected chi connectivity index (χ3v) is 15.9. The Morgan fingerprint density at radius 2 is 0.613 bits per heavy atom. The second-order valence-electron chi connectivity index (χ2n) is 19.8. The van der Waals surface area contributed by atoms with Gasteiger partial charge in [-0.3, -0.25) is 0 Å². The van der Waals surface area contributed by atoms with Crippen LogP contribution in [0.1, 0.15) is 22.3 Å². The minimum Gasteiger partial charge on any atom is -0.454 e. The van der Waals surface area contributed by atoms with Crippen LogP contribution in [0.5, 0.6) is 0 Å². The van der Waals surface area contributed by atoms with E-state index in [4.69, 9.17) is 4.42 Å². The van der Waals surface area contributed by atoms with E-state index in [2.05, 4.69) is 290 Å². The van der Waals surface area contributed by atoms with Crippen LogP contribution in [0.2, 0.25) is 0 Å². The number of furan rings is 1. The molecule has 12 aromatic carbocycles. The van der Waals surface area contributed by atoms with Crippen LogP contribution in [-0.2, 0) is 5.41 Å². The Morgan fingerprint density at radius 1 is 0.240 bits per heavy atom. The van der Waals surface area contributed by atoms with Crippen LogP contribution in [0, 0.1) is 0 Å². The molecular formula is C73H47NO. The highest BCUT2D eigenvalue weighted by molar-refractivity contribution is 6.12. The molecule has 2 heterocycles. The molecule has 1 spiro atoms. The molecule has 75 heavy (non-hydrogen) atoms. The molecule has 1 aliphatic carbocycles. The molecule has 0 amide bonds. The zero-order chi connectivity index (χ0) is 49.5. The topological polar surface area (TPSA) is 16.4 Å². The summed E-state index contributed by atoms with van der Waals surface area (Å²) in [6.07, 6.45) is 0. The van der Waals surface area contributed by atoms with E-state index in [-0.39, 0.29) is 0 Å². The molecular weight excluding hydrogens is 907 g/mol. The predicted molar refractivity (Wildman–Crippen MR) is 312 cm³/mol. The molecule has 15 rings (SSSR count). The first-order valence-corrected chi connectivity index (χ1v) is 25.9. The molecule has 0 bridgehead atoms. The van der Waals surface area contributed by atoms with Crippen molar-refractivity contribution >= 4 is 39.0 Å². The fourth-order valence-electron chi connectivity index (χ4n) is 12.7. The van der Waals surface area contributed by atoms with Gasteiger partial charge in [0.15, 0.2) is 5.58 Å². The Kier molecular flexibility index (Phi) is 9.83. The summed E-state index contributed by atoms with van der Waals surface area (Å²) in [5.41, 5.74) is 25.5. The quantitative estimate of drug-likeness (QED) is 0.158. The molecule has 2 heteroatoms. The van der Waals surface area contributed by atoms with E-state index in [0.717, 1.165) is 61.3 Å². The van der Waals surface area contributed by atoms with Gasteiger partial charge in [0, 0.05) is 10.8 Å². The van der Waals surface area contributed by atoms with E-state index >= 15 is 0 Å². The average Bonchev–Trinajstić information content (AvgIpc) is 4.11. The first kappa shape index (κ1) is 42.9. The maximum absolute atomic E-state index is 7.10. The van der Waals surface area contributed by atoms with E-state index in [1.165, 1.54) is 77.9 Å². The normalized spacial score (nSPS) is 12.9. The van der Waals surface area contributed by atoms with Crippen molar-refractivity contribution in [3.05, 3.63) is 307 Å². The minimum absolute atomic E-state index is 0.784. The number of hydrogen-bond acceptors (Lipinski definition) is 2. The molecule has 13 aromatic rings. The molecule has 1 aliphatic heterocycles. The second kappa shape index (κ2) is 17.2. The lowest BCUT2D eigenvalue weighted by atomic mass is 9.63. The summed E-state index contributed by atoms with van der Waals surface area (Å²) in [5, 5.41) is 2.18. The molecule has 0 radical (unpaired) electrons. The van der Waals surface area contributed by atoms with Crippen LogP contribution in [0.3, 0.4) is 0 Å². The summed E-state index contributed by atoms with van der Waals surface area (Å²) in [4.78, 5) is 2.54. The van der Waals surface area contributed by atoms with Gasteiger partial charge in [-0.2, -0.15) is 0 Å². The van der Waals surface area contributed by atoms with Crippen molar-refractivity contribution in [2.45, 2.75) is 5.41 Å². The number of nitrogens with zero attached hydrogens (tertiary/aromatic N) is 1. The molecule has 0 N–H and O–H groups in total. The van der Waals surface area contributed by atoms with Crippen molar-refractivity contribution in [3.8, 4) is 77.9 Å². The first-order valence-electron chi connectivity index (χ1n) is 25.9. The molecule has 0 atom stereocenters. The predicted octanol–water partition coefficient (Wildman–Crippen LogP) is 19.7. The number of rotatable bonds is 7. The van der Waals surface area contributed by atoms with E-state index in [1.807, 2.05) is 0 Å². The maximum atomic E-state index is 7.10. The van der Waals surface area contributed by atoms with Crippen molar-refractivity contribution in [1.82, 2.24) is 0 Å². The summed E-state index contributed by atoms with van der Waals surface area (Å²) in [7, 11) is 0. The van der Waals surface area contributed by atoms with E-state index in [1.54, 1.807) is 0 Å². The third-order valence-electron chi connectivity index (χ3n) is 15.9. The van der Waals surface area contributed by atoms with Gasteiger partial charge in [0.05, 0.1) is 22.5 Å². The lowest BCUT2D eigenvalue weighted by Crippen LogP contribution is -2.36. The lowest BCUT2D eigenvalue weighted by molar-refractivity contribution is 0.668. The van der Waals surface area contributed by atoms with Gasteiger partial charge in [0.1, 0.15) is 5.58 Å². The van der Waals surface area contributed by atoms with Gasteiger partial charge in [-0.15, -0.1) is 0 Å². The van der Waals surface area contributed by atoms with Gasteiger partial charge in [-0.25, -0.2) is 0 Å². The molecule has 1 aromatic heterocycles. The van der Waals surface area contributed by atoms with Crippen molar-refractivity contribution in [2.75, 3.05) is 4.90 Å². The highest BCUT2D eigenvalue weighted by Gasteiger charge is 2.53. The van der Waals surface area contributed by atoms with Crippen LogP contribution in [0.4, 0.5) is 17.1 Å². The smallest absolute Gasteiger partial charge is 0.159 e. The van der Waals surface area contributed by atoms with Crippen LogP contribution < -0.4 is 4.90 Å². The van der Waals surface area contributed by atoms with Crippen LogP contribution in [-0.4, -0.2) is 0 Å². The standard InChI is InChI=1S/C73H47NO/c1-5-24-48(25-6-1)52-32-13-15-34-54(52)62-44-66-69(46-60(62)50-28-9-3-10-29-50)74(68-42-23-39-59-58-38-19-22-43-71(58)75-72(59)68)70-47-61(51-30-11-4-12-31-51)63(55-35-16-14-33-53(55)49-26-7-2-8-27-49)45-67(70)73(66)64-40-20-17-36-56(64)57-37-18-21-41-65(57)73/h1-47H. The van der Waals surface area contributed by atoms with Gasteiger partial charge >= 0.3 is 0 Å². The second-order valence-corrected chi connectivity index (χ2v) is 19.8. The monoisotopic (exact) mass is 953 g/mol. The van der Waals surface area contributed by atoms with E-state index in [9.17, 15) is 0 Å². The van der Waals surface area contributed by atoms with Crippen molar-refractivity contribution in [1.29, 1.82) is 0 Å². The summed E-state index contributed by atoms with van der Waals surface area (Å²) in [6.45, 7) is 0. The summed E-state index contributed by atoms with van der Waals surface area (Å²) in [5.74, 6) is 0. The maximum Gasteiger partial charge on any atom is 0.159 e. The average molecular weight is 954 g/mol. The number of anilines is 3. The van der Waals surface area contributed by atoms with Gasteiger partial charge in [0.2, 0.25) is 0 Å². The fourth-order valence-corrected chi connectivity index (χ4v) is 12.7. The first-order chi connectivity index (χ1) is 37.2. The van der Waals surface area contributed by atoms with Crippen LogP contribution >= 0.6 is 0 Å². The van der Waals surface area contributed by atoms with E-state index in [0.29, 0.717) is 0 Å². The number of fused-ring (bicyclic) bond motifs is 12. The Bertz CT molecular complexity index is 4120. The number of benzene rings is 12. The van der Waals surface area contributed by atoms with Crippen LogP contribution in [0.25, 0.3) is 99.8 Å². The highest BCUT2D eigenvalue weighted by atomic mass is 16.3. The molecule has 2 nitrogen and oxygen atoms in total. The van der Waals surface area contributed by atoms with Crippen LogP contribution in [0.15, 0.2) is 290 Å². The largest absolute Gasteiger partial charge is 0.454 e. The summed E-state index contributed by atoms with van der Waals surface area (Å²) in [6, 6.07) is 105. The summed E-state index contributed by atoms with van der Waals surface area (Å²) < 4.78 is 7.10. The molecule has 0 saturated heterocycles. The Labute approximate surface area is 436 Å². The zero-order valence-electron chi connectivity index (χ0n) is 41.0. The van der Waals surface area contributed by atoms with Gasteiger partial charge in [-0.05, 0) is 137 Å². The molecule has 2 aliphatic rings. The van der Waals surface area contributed by atoms with Gasteiger partial charge in [-0.1, -0.05) is 249 Å². The zero-order valence-corrected chi connectivity index (χ0v) is 41.0. The molecule has 350 valence electrons.